The minimum atomic E-state index is 0.0495. The average Bonchev–Trinajstić information content (AvgIpc) is 2.74. The zero-order valence-electron chi connectivity index (χ0n) is 15.8. The number of carbonyl (C=O) groups excluding carboxylic acids is 1. The van der Waals surface area contributed by atoms with Crippen LogP contribution in [0.25, 0.3) is 10.9 Å². The van der Waals surface area contributed by atoms with Gasteiger partial charge in [-0.25, -0.2) is 9.97 Å². The number of nitrogens with zero attached hydrogens (tertiary/aromatic N) is 4. The number of nitrogens with two attached hydrogens (primary N) is 1. The topological polar surface area (TPSA) is 84.6 Å². The molecule has 0 atom stereocenters. The summed E-state index contributed by atoms with van der Waals surface area (Å²) in [6, 6.07) is 15.0. The lowest BCUT2D eigenvalue weighted by Gasteiger charge is -2.34. The normalized spacial score (nSPS) is 15.0. The number of piperazine rings is 1. The van der Waals surface area contributed by atoms with Crippen LogP contribution in [0.2, 0.25) is 0 Å². The van der Waals surface area contributed by atoms with E-state index in [-0.39, 0.29) is 5.91 Å². The van der Waals surface area contributed by atoms with Gasteiger partial charge in [0.25, 0.3) is 5.91 Å². The van der Waals surface area contributed by atoms with E-state index in [0.29, 0.717) is 36.8 Å². The number of amides is 1. The molecule has 2 aromatic carbocycles. The van der Waals surface area contributed by atoms with E-state index in [0.717, 1.165) is 29.7 Å². The smallest absolute Gasteiger partial charge is 0.253 e. The van der Waals surface area contributed by atoms with Gasteiger partial charge in [0.2, 0.25) is 0 Å². The zero-order chi connectivity index (χ0) is 19.5. The molecule has 0 spiro atoms. The van der Waals surface area contributed by atoms with Gasteiger partial charge in [-0.15, -0.1) is 0 Å². The van der Waals surface area contributed by atoms with Gasteiger partial charge in [0.1, 0.15) is 17.4 Å². The fourth-order valence-electron chi connectivity index (χ4n) is 3.45. The Balaban J connectivity index is 1.38. The lowest BCUT2D eigenvalue weighted by molar-refractivity contribution is 0.0625. The van der Waals surface area contributed by atoms with E-state index in [4.69, 9.17) is 10.5 Å². The number of aromatic nitrogens is 2. The molecular weight excluding hydrogens is 354 g/mol. The fraction of sp³-hybridized carbons (Fsp3) is 0.286. The molecule has 0 saturated carbocycles. The summed E-state index contributed by atoms with van der Waals surface area (Å²) in [6.07, 6.45) is 0. The molecule has 1 aliphatic rings. The second-order valence-corrected chi connectivity index (χ2v) is 6.84. The number of ether oxygens (including phenoxy) is 1. The third-order valence-corrected chi connectivity index (χ3v) is 5.04. The van der Waals surface area contributed by atoms with Gasteiger partial charge in [-0.2, -0.15) is 0 Å². The summed E-state index contributed by atoms with van der Waals surface area (Å²) in [6.45, 7) is 3.53. The average molecular weight is 377 g/mol. The first-order chi connectivity index (χ1) is 13.6. The third kappa shape index (κ3) is 3.75. The Kier molecular flexibility index (Phi) is 5.08. The molecule has 1 saturated heterocycles. The number of methoxy groups -OCH3 is 1. The molecular formula is C21H23N5O2. The molecule has 1 aliphatic heterocycles. The lowest BCUT2D eigenvalue weighted by Crippen LogP contribution is -2.48. The van der Waals surface area contributed by atoms with Crippen molar-refractivity contribution in [3.63, 3.8) is 0 Å². The maximum atomic E-state index is 12.7. The first-order valence-corrected chi connectivity index (χ1v) is 9.31. The first-order valence-electron chi connectivity index (χ1n) is 9.31. The summed E-state index contributed by atoms with van der Waals surface area (Å²) < 4.78 is 5.15. The summed E-state index contributed by atoms with van der Waals surface area (Å²) in [5.41, 5.74) is 7.62. The molecule has 144 valence electrons. The SMILES string of the molecule is COc1ccc(C(=O)N2CCN(Cc3nc(N)c4ccccc4n3)CC2)cc1. The van der Waals surface area contributed by atoms with E-state index in [2.05, 4.69) is 14.9 Å². The van der Waals surface area contributed by atoms with Gasteiger partial charge in [-0.3, -0.25) is 9.69 Å². The maximum Gasteiger partial charge on any atom is 0.253 e. The summed E-state index contributed by atoms with van der Waals surface area (Å²) in [4.78, 5) is 25.9. The van der Waals surface area contributed by atoms with Gasteiger partial charge in [0.15, 0.2) is 0 Å². The van der Waals surface area contributed by atoms with Crippen molar-refractivity contribution in [3.05, 3.63) is 59.9 Å². The molecule has 2 heterocycles. The van der Waals surface area contributed by atoms with Crippen molar-refractivity contribution in [1.29, 1.82) is 0 Å². The van der Waals surface area contributed by atoms with Crippen molar-refractivity contribution in [3.8, 4) is 5.75 Å². The Labute approximate surface area is 163 Å². The zero-order valence-corrected chi connectivity index (χ0v) is 15.8. The minimum absolute atomic E-state index is 0.0495. The predicted octanol–water partition coefficient (Wildman–Crippen LogP) is 2.18. The monoisotopic (exact) mass is 377 g/mol. The van der Waals surface area contributed by atoms with Crippen LogP contribution in [0.15, 0.2) is 48.5 Å². The van der Waals surface area contributed by atoms with Crippen molar-refractivity contribution in [2.45, 2.75) is 6.54 Å². The van der Waals surface area contributed by atoms with Crippen molar-refractivity contribution >= 4 is 22.6 Å². The van der Waals surface area contributed by atoms with E-state index in [1.165, 1.54) is 0 Å². The highest BCUT2D eigenvalue weighted by Gasteiger charge is 2.23. The van der Waals surface area contributed by atoms with Gasteiger partial charge in [-0.1, -0.05) is 12.1 Å². The first kappa shape index (κ1) is 18.2. The molecule has 2 N–H and O–H groups in total. The number of carbonyl (C=O) groups is 1. The molecule has 7 heteroatoms. The molecule has 1 amide bonds. The van der Waals surface area contributed by atoms with Gasteiger partial charge in [0.05, 0.1) is 19.2 Å². The third-order valence-electron chi connectivity index (χ3n) is 5.04. The number of hydrogen-bond acceptors (Lipinski definition) is 6. The number of para-hydroxylation sites is 1. The fourth-order valence-corrected chi connectivity index (χ4v) is 3.45. The molecule has 0 bridgehead atoms. The summed E-state index contributed by atoms with van der Waals surface area (Å²) in [7, 11) is 1.61. The Morgan fingerprint density at radius 2 is 1.75 bits per heavy atom. The number of anilines is 1. The molecule has 0 unspecified atom stereocenters. The number of benzene rings is 2. The molecule has 1 fully saturated rings. The highest BCUT2D eigenvalue weighted by molar-refractivity contribution is 5.94. The van der Waals surface area contributed by atoms with E-state index >= 15 is 0 Å². The molecule has 1 aromatic heterocycles. The van der Waals surface area contributed by atoms with Gasteiger partial charge < -0.3 is 15.4 Å². The van der Waals surface area contributed by atoms with Crippen LogP contribution in [0.1, 0.15) is 16.2 Å². The predicted molar refractivity (Wildman–Crippen MR) is 108 cm³/mol. The summed E-state index contributed by atoms with van der Waals surface area (Å²) in [5, 5.41) is 0.876. The van der Waals surface area contributed by atoms with Crippen molar-refractivity contribution in [2.75, 3.05) is 39.0 Å². The number of hydrogen-bond donors (Lipinski definition) is 1. The Bertz CT molecular complexity index is 982. The van der Waals surface area contributed by atoms with Crippen LogP contribution in [0.3, 0.4) is 0 Å². The van der Waals surface area contributed by atoms with Crippen molar-refractivity contribution in [2.24, 2.45) is 0 Å². The molecule has 7 nitrogen and oxygen atoms in total. The van der Waals surface area contributed by atoms with Crippen molar-refractivity contribution in [1.82, 2.24) is 19.8 Å². The quantitative estimate of drug-likeness (QED) is 0.750. The number of rotatable bonds is 4. The minimum Gasteiger partial charge on any atom is -0.497 e. The van der Waals surface area contributed by atoms with E-state index in [1.54, 1.807) is 19.2 Å². The van der Waals surface area contributed by atoms with Crippen molar-refractivity contribution < 1.29 is 9.53 Å². The van der Waals surface area contributed by atoms with Gasteiger partial charge in [0, 0.05) is 37.1 Å². The second kappa shape index (κ2) is 7.82. The molecule has 28 heavy (non-hydrogen) atoms. The van der Waals surface area contributed by atoms with Crippen LogP contribution in [0.5, 0.6) is 5.75 Å². The molecule has 0 radical (unpaired) electrons. The second-order valence-electron chi connectivity index (χ2n) is 6.84. The molecule has 4 rings (SSSR count). The maximum absolute atomic E-state index is 12.7. The van der Waals surface area contributed by atoms with Gasteiger partial charge in [-0.05, 0) is 36.4 Å². The van der Waals surface area contributed by atoms with E-state index < -0.39 is 0 Å². The summed E-state index contributed by atoms with van der Waals surface area (Å²) >= 11 is 0. The Hall–Kier alpha value is -3.19. The molecule has 0 aliphatic carbocycles. The largest absolute Gasteiger partial charge is 0.497 e. The van der Waals surface area contributed by atoms with E-state index in [1.807, 2.05) is 41.3 Å². The van der Waals surface area contributed by atoms with Crippen LogP contribution in [-0.2, 0) is 6.54 Å². The summed E-state index contributed by atoms with van der Waals surface area (Å²) in [5.74, 6) is 2.02. The van der Waals surface area contributed by atoms with Crippen LogP contribution in [0, 0.1) is 0 Å². The standard InChI is InChI=1S/C21H23N5O2/c1-28-16-8-6-15(7-9-16)21(27)26-12-10-25(11-13-26)14-19-23-18-5-3-2-4-17(18)20(22)24-19/h2-9H,10-14H2,1H3,(H2,22,23,24). The highest BCUT2D eigenvalue weighted by atomic mass is 16.5. The molecule has 3 aromatic rings. The van der Waals surface area contributed by atoms with Crippen LogP contribution >= 0.6 is 0 Å². The van der Waals surface area contributed by atoms with E-state index in [9.17, 15) is 4.79 Å². The number of fused-ring (bicyclic) bond motifs is 1. The van der Waals surface area contributed by atoms with Crippen LogP contribution in [0.4, 0.5) is 5.82 Å². The Morgan fingerprint density at radius 3 is 2.46 bits per heavy atom. The Morgan fingerprint density at radius 1 is 1.04 bits per heavy atom. The highest BCUT2D eigenvalue weighted by Crippen LogP contribution is 2.19. The van der Waals surface area contributed by atoms with Crippen LogP contribution in [-0.4, -0.2) is 59.0 Å². The van der Waals surface area contributed by atoms with Gasteiger partial charge >= 0.3 is 0 Å². The lowest BCUT2D eigenvalue weighted by atomic mass is 10.1. The number of nitrogen functional groups attached to an aromatic ring is 1. The van der Waals surface area contributed by atoms with Crippen LogP contribution < -0.4 is 10.5 Å².